The number of hydrogen-bond donors (Lipinski definition) is 1. The van der Waals surface area contributed by atoms with Crippen molar-refractivity contribution in [3.8, 4) is 0 Å². The number of carbonyl (C=O) groups is 1. The van der Waals surface area contributed by atoms with Crippen molar-refractivity contribution in [3.63, 3.8) is 0 Å². The van der Waals surface area contributed by atoms with Gasteiger partial charge in [-0.15, -0.1) is 0 Å². The third kappa shape index (κ3) is 2.83. The summed E-state index contributed by atoms with van der Waals surface area (Å²) in [5, 5.41) is 5.10. The summed E-state index contributed by atoms with van der Waals surface area (Å²) in [4.78, 5) is 13.2. The van der Waals surface area contributed by atoms with Crippen molar-refractivity contribution < 1.29 is 13.2 Å². The van der Waals surface area contributed by atoms with Gasteiger partial charge in [-0.05, 0) is 31.0 Å². The van der Waals surface area contributed by atoms with Crippen molar-refractivity contribution in [3.05, 3.63) is 28.8 Å². The van der Waals surface area contributed by atoms with Gasteiger partial charge in [-0.3, -0.25) is 4.79 Å². The molecular formula is C11H16N2O3S. The Morgan fingerprint density at radius 1 is 1.18 bits per heavy atom. The standard InChI is InChI=1S/C11H16N2O3S/c1-7-5-8(2)10(17(12,15)16)6-9(7)11(14)13(3)4/h5-6H,1-4H3,(H2,12,15,16). The number of nitrogens with two attached hydrogens (primary N) is 1. The molecule has 17 heavy (non-hydrogen) atoms. The molecule has 0 spiro atoms. The smallest absolute Gasteiger partial charge is 0.253 e. The quantitative estimate of drug-likeness (QED) is 0.843. The molecule has 6 heteroatoms. The molecule has 1 amide bonds. The van der Waals surface area contributed by atoms with E-state index in [-0.39, 0.29) is 10.8 Å². The summed E-state index contributed by atoms with van der Waals surface area (Å²) in [6, 6.07) is 2.98. The summed E-state index contributed by atoms with van der Waals surface area (Å²) in [5.74, 6) is -0.243. The van der Waals surface area contributed by atoms with Crippen LogP contribution in [-0.2, 0) is 10.0 Å². The van der Waals surface area contributed by atoms with Crippen LogP contribution in [0.1, 0.15) is 21.5 Å². The minimum atomic E-state index is -3.80. The number of amides is 1. The molecular weight excluding hydrogens is 240 g/mol. The SMILES string of the molecule is Cc1cc(C)c(S(N)(=O)=O)cc1C(=O)N(C)C. The molecule has 0 saturated heterocycles. The third-order valence-corrected chi connectivity index (χ3v) is 3.52. The van der Waals surface area contributed by atoms with Crippen molar-refractivity contribution in [1.29, 1.82) is 0 Å². The molecule has 0 unspecified atom stereocenters. The number of carbonyl (C=O) groups excluding carboxylic acids is 1. The van der Waals surface area contributed by atoms with Crippen LogP contribution < -0.4 is 5.14 Å². The van der Waals surface area contributed by atoms with Gasteiger partial charge in [0.05, 0.1) is 4.90 Å². The molecule has 0 fully saturated rings. The zero-order valence-corrected chi connectivity index (χ0v) is 11.1. The van der Waals surface area contributed by atoms with Crippen LogP contribution in [0.2, 0.25) is 0 Å². The fraction of sp³-hybridized carbons (Fsp3) is 0.364. The Balaban J connectivity index is 3.50. The molecule has 2 N–H and O–H groups in total. The number of rotatable bonds is 2. The molecule has 0 aliphatic carbocycles. The molecule has 0 saturated carbocycles. The second kappa shape index (κ2) is 4.46. The first-order valence-electron chi connectivity index (χ1n) is 5.00. The number of benzene rings is 1. The van der Waals surface area contributed by atoms with E-state index < -0.39 is 10.0 Å². The van der Waals surface area contributed by atoms with Crippen molar-refractivity contribution in [2.75, 3.05) is 14.1 Å². The Labute approximate surface area is 101 Å². The molecule has 0 aromatic heterocycles. The van der Waals surface area contributed by atoms with Gasteiger partial charge in [0.2, 0.25) is 10.0 Å². The molecule has 0 aliphatic rings. The third-order valence-electron chi connectivity index (χ3n) is 2.47. The maximum Gasteiger partial charge on any atom is 0.253 e. The van der Waals surface area contributed by atoms with Crippen molar-refractivity contribution in [2.45, 2.75) is 18.7 Å². The Kier molecular flexibility index (Phi) is 3.59. The zero-order valence-electron chi connectivity index (χ0n) is 10.3. The van der Waals surface area contributed by atoms with E-state index in [0.717, 1.165) is 5.56 Å². The van der Waals surface area contributed by atoms with Gasteiger partial charge < -0.3 is 4.90 Å². The largest absolute Gasteiger partial charge is 0.345 e. The minimum Gasteiger partial charge on any atom is -0.345 e. The molecule has 94 valence electrons. The molecule has 0 radical (unpaired) electrons. The van der Waals surface area contributed by atoms with Gasteiger partial charge in [0.1, 0.15) is 0 Å². The number of nitrogens with zero attached hydrogens (tertiary/aromatic N) is 1. The maximum absolute atomic E-state index is 11.8. The highest BCUT2D eigenvalue weighted by Crippen LogP contribution is 2.20. The first kappa shape index (κ1) is 13.7. The lowest BCUT2D eigenvalue weighted by molar-refractivity contribution is 0.0826. The Morgan fingerprint density at radius 2 is 1.71 bits per heavy atom. The maximum atomic E-state index is 11.8. The summed E-state index contributed by atoms with van der Waals surface area (Å²) >= 11 is 0. The highest BCUT2D eigenvalue weighted by atomic mass is 32.2. The van der Waals surface area contributed by atoms with Crippen LogP contribution in [0.5, 0.6) is 0 Å². The first-order chi connectivity index (χ1) is 7.64. The van der Waals surface area contributed by atoms with E-state index in [1.807, 2.05) is 0 Å². The van der Waals surface area contributed by atoms with Crippen LogP contribution in [0.3, 0.4) is 0 Å². The lowest BCUT2D eigenvalue weighted by Crippen LogP contribution is -2.24. The van der Waals surface area contributed by atoms with E-state index in [9.17, 15) is 13.2 Å². The molecule has 1 rings (SSSR count). The van der Waals surface area contributed by atoms with E-state index in [0.29, 0.717) is 11.1 Å². The van der Waals surface area contributed by atoms with Crippen LogP contribution in [0, 0.1) is 13.8 Å². The Hall–Kier alpha value is -1.40. The average molecular weight is 256 g/mol. The molecule has 5 nitrogen and oxygen atoms in total. The van der Waals surface area contributed by atoms with Crippen LogP contribution in [-0.4, -0.2) is 33.3 Å². The number of sulfonamides is 1. The van der Waals surface area contributed by atoms with Crippen LogP contribution >= 0.6 is 0 Å². The Bertz CT molecular complexity index is 562. The van der Waals surface area contributed by atoms with Crippen LogP contribution in [0.4, 0.5) is 0 Å². The molecule has 0 atom stereocenters. The van der Waals surface area contributed by atoms with Gasteiger partial charge in [0.15, 0.2) is 0 Å². The second-order valence-corrected chi connectivity index (χ2v) is 5.71. The summed E-state index contributed by atoms with van der Waals surface area (Å²) in [7, 11) is -0.584. The number of primary sulfonamides is 1. The molecule has 1 aromatic carbocycles. The van der Waals surface area contributed by atoms with Crippen molar-refractivity contribution >= 4 is 15.9 Å². The van der Waals surface area contributed by atoms with E-state index in [1.165, 1.54) is 11.0 Å². The first-order valence-corrected chi connectivity index (χ1v) is 6.55. The summed E-state index contributed by atoms with van der Waals surface area (Å²) in [6.07, 6.45) is 0. The zero-order chi connectivity index (χ0) is 13.4. The fourth-order valence-electron chi connectivity index (χ4n) is 1.61. The average Bonchev–Trinajstić information content (AvgIpc) is 2.14. The highest BCUT2D eigenvalue weighted by Gasteiger charge is 2.18. The molecule has 0 bridgehead atoms. The van der Waals surface area contributed by atoms with E-state index in [2.05, 4.69) is 0 Å². The van der Waals surface area contributed by atoms with Crippen LogP contribution in [0.15, 0.2) is 17.0 Å². The normalized spacial score (nSPS) is 11.4. The van der Waals surface area contributed by atoms with Crippen molar-refractivity contribution in [1.82, 2.24) is 4.90 Å². The highest BCUT2D eigenvalue weighted by molar-refractivity contribution is 7.89. The monoisotopic (exact) mass is 256 g/mol. The fourth-order valence-corrected chi connectivity index (χ4v) is 2.40. The second-order valence-electron chi connectivity index (χ2n) is 4.18. The molecule has 0 aliphatic heterocycles. The van der Waals surface area contributed by atoms with Crippen molar-refractivity contribution in [2.24, 2.45) is 5.14 Å². The predicted octanol–water partition coefficient (Wildman–Crippen LogP) is 0.653. The minimum absolute atomic E-state index is 0.00620. The van der Waals surface area contributed by atoms with Gasteiger partial charge in [-0.25, -0.2) is 13.6 Å². The van der Waals surface area contributed by atoms with Gasteiger partial charge in [-0.2, -0.15) is 0 Å². The summed E-state index contributed by atoms with van der Waals surface area (Å²) in [5.41, 5.74) is 1.62. The molecule has 0 heterocycles. The van der Waals surface area contributed by atoms with Gasteiger partial charge in [0.25, 0.3) is 5.91 Å². The van der Waals surface area contributed by atoms with Crippen LogP contribution in [0.25, 0.3) is 0 Å². The van der Waals surface area contributed by atoms with E-state index in [1.54, 1.807) is 34.0 Å². The van der Waals surface area contributed by atoms with Gasteiger partial charge >= 0.3 is 0 Å². The number of hydrogen-bond acceptors (Lipinski definition) is 3. The lowest BCUT2D eigenvalue weighted by atomic mass is 10.0. The Morgan fingerprint density at radius 3 is 2.12 bits per heavy atom. The lowest BCUT2D eigenvalue weighted by Gasteiger charge is -2.14. The molecule has 1 aromatic rings. The summed E-state index contributed by atoms with van der Waals surface area (Å²) < 4.78 is 22.7. The topological polar surface area (TPSA) is 80.5 Å². The van der Waals surface area contributed by atoms with Gasteiger partial charge in [-0.1, -0.05) is 6.07 Å². The van der Waals surface area contributed by atoms with Gasteiger partial charge in [0, 0.05) is 19.7 Å². The predicted molar refractivity (Wildman–Crippen MR) is 65.3 cm³/mol. The van der Waals surface area contributed by atoms with E-state index >= 15 is 0 Å². The number of aryl methyl sites for hydroxylation is 2. The summed E-state index contributed by atoms with van der Waals surface area (Å²) in [6.45, 7) is 3.41. The van der Waals surface area contributed by atoms with E-state index in [4.69, 9.17) is 5.14 Å².